The van der Waals surface area contributed by atoms with Crippen molar-refractivity contribution in [2.75, 3.05) is 19.6 Å². The highest BCUT2D eigenvalue weighted by molar-refractivity contribution is 5.89. The molecule has 0 saturated carbocycles. The van der Waals surface area contributed by atoms with Crippen LogP contribution < -0.4 is 27.4 Å². The third-order valence-corrected chi connectivity index (χ3v) is 3.39. The van der Waals surface area contributed by atoms with Crippen LogP contribution in [-0.4, -0.2) is 49.5 Å². The van der Waals surface area contributed by atoms with Gasteiger partial charge in [-0.25, -0.2) is 4.79 Å². The molecule has 0 bridgehead atoms. The summed E-state index contributed by atoms with van der Waals surface area (Å²) in [4.78, 5) is 46.6. The number of rotatable bonds is 11. The zero-order valence-corrected chi connectivity index (χ0v) is 14.9. The smallest absolute Gasteiger partial charge is 0.408 e. The van der Waals surface area contributed by atoms with Gasteiger partial charge in [-0.05, 0) is 12.0 Å². The lowest BCUT2D eigenvalue weighted by atomic mass is 10.1. The van der Waals surface area contributed by atoms with Crippen molar-refractivity contribution in [1.29, 1.82) is 0 Å². The monoisotopic (exact) mass is 379 g/mol. The summed E-state index contributed by atoms with van der Waals surface area (Å²) in [5, 5.41) is 7.25. The normalized spacial score (nSPS) is 11.1. The second-order valence-electron chi connectivity index (χ2n) is 5.62. The number of carbonyl (C=O) groups excluding carboxylic acids is 4. The van der Waals surface area contributed by atoms with Crippen molar-refractivity contribution >= 4 is 23.8 Å². The molecule has 0 aliphatic heterocycles. The van der Waals surface area contributed by atoms with Crippen molar-refractivity contribution in [3.05, 3.63) is 35.9 Å². The van der Waals surface area contributed by atoms with Gasteiger partial charge in [0, 0.05) is 19.5 Å². The molecule has 148 valence electrons. The second-order valence-corrected chi connectivity index (χ2v) is 5.62. The Hall–Kier alpha value is -3.14. The first-order valence-corrected chi connectivity index (χ1v) is 8.42. The maximum Gasteiger partial charge on any atom is 0.408 e. The zero-order valence-electron chi connectivity index (χ0n) is 14.9. The summed E-state index contributed by atoms with van der Waals surface area (Å²) in [5.41, 5.74) is 11.1. The van der Waals surface area contributed by atoms with Crippen LogP contribution in [0.25, 0.3) is 0 Å². The molecule has 1 atom stereocenters. The van der Waals surface area contributed by atoms with Gasteiger partial charge in [-0.1, -0.05) is 30.3 Å². The molecular formula is C17H25N5O5. The largest absolute Gasteiger partial charge is 0.445 e. The molecule has 4 amide bonds. The van der Waals surface area contributed by atoms with Gasteiger partial charge in [0.05, 0.1) is 6.54 Å². The van der Waals surface area contributed by atoms with Gasteiger partial charge in [-0.3, -0.25) is 14.4 Å². The number of alkyl carbamates (subject to hydrolysis) is 1. The molecule has 10 heteroatoms. The van der Waals surface area contributed by atoms with E-state index in [4.69, 9.17) is 16.2 Å². The molecule has 0 radical (unpaired) electrons. The number of nitrogens with one attached hydrogen (secondary N) is 3. The van der Waals surface area contributed by atoms with Crippen molar-refractivity contribution in [3.8, 4) is 0 Å². The summed E-state index contributed by atoms with van der Waals surface area (Å²) in [7, 11) is 0. The van der Waals surface area contributed by atoms with Gasteiger partial charge in [0.1, 0.15) is 12.6 Å². The number of carbonyl (C=O) groups is 4. The summed E-state index contributed by atoms with van der Waals surface area (Å²) in [6.07, 6.45) is -0.960. The standard InChI is InChI=1S/C17H25N5O5/c18-8-9-20-15(24)10-21-16(25)13(6-7-14(19)23)22-17(26)27-11-12-4-2-1-3-5-12/h1-5,13H,6-11,18H2,(H2,19,23)(H,20,24)(H,21,25)(H,22,26). The molecular weight excluding hydrogens is 354 g/mol. The second kappa shape index (κ2) is 12.3. The molecule has 0 aliphatic carbocycles. The minimum atomic E-state index is -1.07. The van der Waals surface area contributed by atoms with Crippen molar-refractivity contribution < 1.29 is 23.9 Å². The molecule has 0 saturated heterocycles. The summed E-state index contributed by atoms with van der Waals surface area (Å²) >= 11 is 0. The minimum Gasteiger partial charge on any atom is -0.445 e. The molecule has 0 heterocycles. The highest BCUT2D eigenvalue weighted by atomic mass is 16.5. The first kappa shape index (κ1) is 21.9. The van der Waals surface area contributed by atoms with Crippen LogP contribution in [0.3, 0.4) is 0 Å². The Morgan fingerprint density at radius 1 is 1.07 bits per heavy atom. The Labute approximate surface area is 157 Å². The molecule has 7 N–H and O–H groups in total. The predicted octanol–water partition coefficient (Wildman–Crippen LogP) is -1.26. The summed E-state index contributed by atoms with van der Waals surface area (Å²) in [6, 6.07) is 7.93. The molecule has 0 aliphatic rings. The van der Waals surface area contributed by atoms with E-state index < -0.39 is 29.9 Å². The quantitative estimate of drug-likeness (QED) is 0.322. The number of primary amides is 1. The SMILES string of the molecule is NCCNC(=O)CNC(=O)C(CCC(N)=O)NC(=O)OCc1ccccc1. The molecule has 0 fully saturated rings. The first-order valence-electron chi connectivity index (χ1n) is 8.42. The lowest BCUT2D eigenvalue weighted by Gasteiger charge is -2.17. The van der Waals surface area contributed by atoms with E-state index in [0.717, 1.165) is 5.56 Å². The van der Waals surface area contributed by atoms with Crippen LogP contribution in [0, 0.1) is 0 Å². The van der Waals surface area contributed by atoms with Gasteiger partial charge in [0.15, 0.2) is 0 Å². The number of hydrogen-bond acceptors (Lipinski definition) is 6. The van der Waals surface area contributed by atoms with Crippen molar-refractivity contribution in [3.63, 3.8) is 0 Å². The lowest BCUT2D eigenvalue weighted by molar-refractivity contribution is -0.127. The highest BCUT2D eigenvalue weighted by Gasteiger charge is 2.22. The fourth-order valence-electron chi connectivity index (χ4n) is 2.03. The fourth-order valence-corrected chi connectivity index (χ4v) is 2.03. The molecule has 0 spiro atoms. The third kappa shape index (κ3) is 9.80. The highest BCUT2D eigenvalue weighted by Crippen LogP contribution is 2.02. The molecule has 1 unspecified atom stereocenters. The average Bonchev–Trinajstić information content (AvgIpc) is 2.66. The number of nitrogens with two attached hydrogens (primary N) is 2. The number of hydrogen-bond donors (Lipinski definition) is 5. The maximum atomic E-state index is 12.2. The Morgan fingerprint density at radius 3 is 2.41 bits per heavy atom. The predicted molar refractivity (Wildman–Crippen MR) is 97.1 cm³/mol. The average molecular weight is 379 g/mol. The van der Waals surface area contributed by atoms with Crippen LogP contribution in [0.15, 0.2) is 30.3 Å². The Bertz CT molecular complexity index is 638. The fraction of sp³-hybridized carbons (Fsp3) is 0.412. The third-order valence-electron chi connectivity index (χ3n) is 3.39. The zero-order chi connectivity index (χ0) is 20.1. The molecule has 10 nitrogen and oxygen atoms in total. The van der Waals surface area contributed by atoms with Crippen molar-refractivity contribution in [1.82, 2.24) is 16.0 Å². The summed E-state index contributed by atoms with van der Waals surface area (Å²) < 4.78 is 5.05. The van der Waals surface area contributed by atoms with Crippen LogP contribution in [0.4, 0.5) is 4.79 Å². The number of amides is 4. The van der Waals surface area contributed by atoms with Crippen LogP contribution in [-0.2, 0) is 25.7 Å². The van der Waals surface area contributed by atoms with Gasteiger partial charge in [0.2, 0.25) is 17.7 Å². The summed E-state index contributed by atoms with van der Waals surface area (Å²) in [5.74, 6) is -1.67. The minimum absolute atomic E-state index is 0.0218. The molecule has 1 aromatic carbocycles. The van der Waals surface area contributed by atoms with Gasteiger partial charge in [-0.15, -0.1) is 0 Å². The van der Waals surface area contributed by atoms with Crippen LogP contribution in [0.1, 0.15) is 18.4 Å². The van der Waals surface area contributed by atoms with E-state index in [-0.39, 0.29) is 39.1 Å². The summed E-state index contributed by atoms with van der Waals surface area (Å²) in [6.45, 7) is 0.296. The maximum absolute atomic E-state index is 12.2. The van der Waals surface area contributed by atoms with Gasteiger partial charge >= 0.3 is 6.09 Å². The van der Waals surface area contributed by atoms with Crippen LogP contribution >= 0.6 is 0 Å². The van der Waals surface area contributed by atoms with Crippen molar-refractivity contribution in [2.24, 2.45) is 11.5 Å². The first-order chi connectivity index (χ1) is 12.9. The van der Waals surface area contributed by atoms with Gasteiger partial charge in [0.25, 0.3) is 0 Å². The van der Waals surface area contributed by atoms with E-state index in [1.807, 2.05) is 6.07 Å². The topological polar surface area (TPSA) is 166 Å². The van der Waals surface area contributed by atoms with Crippen molar-refractivity contribution in [2.45, 2.75) is 25.5 Å². The van der Waals surface area contributed by atoms with Gasteiger partial charge in [-0.2, -0.15) is 0 Å². The Morgan fingerprint density at radius 2 is 1.78 bits per heavy atom. The van der Waals surface area contributed by atoms with E-state index in [1.165, 1.54) is 0 Å². The molecule has 1 rings (SSSR count). The molecule has 27 heavy (non-hydrogen) atoms. The van der Waals surface area contributed by atoms with E-state index >= 15 is 0 Å². The number of ether oxygens (including phenoxy) is 1. The van der Waals surface area contributed by atoms with Gasteiger partial charge < -0.3 is 32.2 Å². The van der Waals surface area contributed by atoms with Crippen LogP contribution in [0.5, 0.6) is 0 Å². The molecule has 1 aromatic rings. The van der Waals surface area contributed by atoms with E-state index in [0.29, 0.717) is 0 Å². The van der Waals surface area contributed by atoms with E-state index in [1.54, 1.807) is 24.3 Å². The number of benzene rings is 1. The van der Waals surface area contributed by atoms with Crippen LogP contribution in [0.2, 0.25) is 0 Å². The van der Waals surface area contributed by atoms with E-state index in [2.05, 4.69) is 16.0 Å². The lowest BCUT2D eigenvalue weighted by Crippen LogP contribution is -2.49. The van der Waals surface area contributed by atoms with E-state index in [9.17, 15) is 19.2 Å². The Kier molecular flexibility index (Phi) is 9.94. The molecule has 0 aromatic heterocycles. The Balaban J connectivity index is 2.53.